The Morgan fingerprint density at radius 3 is 2.32 bits per heavy atom. The normalized spacial score (nSPS) is 16.5. The monoisotopic (exact) mass is 380 g/mol. The van der Waals surface area contributed by atoms with Crippen molar-refractivity contribution in [2.45, 2.75) is 52.7 Å². The Balaban J connectivity index is 1.98. The highest BCUT2D eigenvalue weighted by molar-refractivity contribution is 5.70. The van der Waals surface area contributed by atoms with Crippen LogP contribution in [0.4, 0.5) is 10.5 Å². The van der Waals surface area contributed by atoms with Gasteiger partial charge in [0.2, 0.25) is 0 Å². The van der Waals surface area contributed by atoms with Crippen molar-refractivity contribution in [3.05, 3.63) is 65.2 Å². The Hall–Kier alpha value is -2.49. The maximum absolute atomic E-state index is 13.0. The van der Waals surface area contributed by atoms with Crippen LogP contribution < -0.4 is 4.90 Å². The van der Waals surface area contributed by atoms with Crippen molar-refractivity contribution < 1.29 is 9.53 Å². The number of hydrogen-bond donors (Lipinski definition) is 0. The Morgan fingerprint density at radius 1 is 1.07 bits per heavy atom. The molecule has 0 fully saturated rings. The minimum Gasteiger partial charge on any atom is -0.444 e. The standard InChI is InChI=1S/C24H32N2O2/c1-6-25(7-2)20-14-12-19(13-15-20)22-21-11-9-8-10-18(21)16-17-26(22)23(27)28-24(3,4)5/h8-15,22H,6-7,16-17H2,1-5H3. The summed E-state index contributed by atoms with van der Waals surface area (Å²) in [5.41, 5.74) is 4.32. The fourth-order valence-electron chi connectivity index (χ4n) is 3.90. The lowest BCUT2D eigenvalue weighted by molar-refractivity contribution is 0.0178. The first-order chi connectivity index (χ1) is 13.3. The predicted molar refractivity (Wildman–Crippen MR) is 115 cm³/mol. The number of amides is 1. The van der Waals surface area contributed by atoms with Gasteiger partial charge < -0.3 is 9.64 Å². The topological polar surface area (TPSA) is 32.8 Å². The largest absolute Gasteiger partial charge is 0.444 e. The molecule has 1 aliphatic heterocycles. The highest BCUT2D eigenvalue weighted by Crippen LogP contribution is 2.36. The second-order valence-corrected chi connectivity index (χ2v) is 8.29. The molecular formula is C24H32N2O2. The van der Waals surface area contributed by atoms with Gasteiger partial charge in [-0.2, -0.15) is 0 Å². The lowest BCUT2D eigenvalue weighted by atomic mass is 9.88. The summed E-state index contributed by atoms with van der Waals surface area (Å²) >= 11 is 0. The summed E-state index contributed by atoms with van der Waals surface area (Å²) in [7, 11) is 0. The molecule has 4 heteroatoms. The van der Waals surface area contributed by atoms with Crippen LogP contribution in [0.3, 0.4) is 0 Å². The quantitative estimate of drug-likeness (QED) is 0.710. The molecule has 0 N–H and O–H groups in total. The molecule has 1 heterocycles. The summed E-state index contributed by atoms with van der Waals surface area (Å²) in [6.07, 6.45) is 0.600. The molecule has 4 nitrogen and oxygen atoms in total. The molecule has 2 aromatic carbocycles. The first-order valence-corrected chi connectivity index (χ1v) is 10.3. The van der Waals surface area contributed by atoms with Gasteiger partial charge in [-0.05, 0) is 69.9 Å². The van der Waals surface area contributed by atoms with Crippen molar-refractivity contribution in [1.29, 1.82) is 0 Å². The van der Waals surface area contributed by atoms with Gasteiger partial charge in [0.1, 0.15) is 5.60 Å². The number of anilines is 1. The van der Waals surface area contributed by atoms with Crippen LogP contribution in [0.25, 0.3) is 0 Å². The molecule has 1 amide bonds. The minimum atomic E-state index is -0.509. The van der Waals surface area contributed by atoms with Gasteiger partial charge in [-0.3, -0.25) is 4.90 Å². The van der Waals surface area contributed by atoms with E-state index < -0.39 is 5.60 Å². The smallest absolute Gasteiger partial charge is 0.411 e. The molecule has 1 unspecified atom stereocenters. The summed E-state index contributed by atoms with van der Waals surface area (Å²) in [5.74, 6) is 0. The molecule has 0 bridgehead atoms. The SMILES string of the molecule is CCN(CC)c1ccc(C2c3ccccc3CCN2C(=O)OC(C)(C)C)cc1. The number of ether oxygens (including phenoxy) is 1. The van der Waals surface area contributed by atoms with Crippen LogP contribution in [0.15, 0.2) is 48.5 Å². The zero-order valence-corrected chi connectivity index (χ0v) is 17.7. The maximum atomic E-state index is 13.0. The van der Waals surface area contributed by atoms with E-state index in [1.165, 1.54) is 16.8 Å². The van der Waals surface area contributed by atoms with Crippen LogP contribution in [0.1, 0.15) is 57.4 Å². The zero-order chi connectivity index (χ0) is 20.3. The van der Waals surface area contributed by atoms with E-state index >= 15 is 0 Å². The number of rotatable bonds is 4. The van der Waals surface area contributed by atoms with E-state index in [1.807, 2.05) is 25.7 Å². The summed E-state index contributed by atoms with van der Waals surface area (Å²) in [5, 5.41) is 0. The van der Waals surface area contributed by atoms with Gasteiger partial charge in [-0.15, -0.1) is 0 Å². The van der Waals surface area contributed by atoms with Gasteiger partial charge in [0.25, 0.3) is 0 Å². The van der Waals surface area contributed by atoms with Crippen LogP contribution in [-0.2, 0) is 11.2 Å². The molecule has 0 aliphatic carbocycles. The Bertz CT molecular complexity index is 804. The number of carbonyl (C=O) groups is 1. The van der Waals surface area contributed by atoms with E-state index in [9.17, 15) is 4.79 Å². The molecular weight excluding hydrogens is 348 g/mol. The minimum absolute atomic E-state index is 0.120. The summed E-state index contributed by atoms with van der Waals surface area (Å²) in [4.78, 5) is 17.2. The fraction of sp³-hybridized carbons (Fsp3) is 0.458. The zero-order valence-electron chi connectivity index (χ0n) is 17.7. The van der Waals surface area contributed by atoms with Crippen LogP contribution >= 0.6 is 0 Å². The number of fused-ring (bicyclic) bond motifs is 1. The van der Waals surface area contributed by atoms with Crippen molar-refractivity contribution in [3.63, 3.8) is 0 Å². The van der Waals surface area contributed by atoms with Gasteiger partial charge in [0.05, 0.1) is 6.04 Å². The summed E-state index contributed by atoms with van der Waals surface area (Å²) < 4.78 is 5.72. The third kappa shape index (κ3) is 4.32. The highest BCUT2D eigenvalue weighted by atomic mass is 16.6. The third-order valence-corrected chi connectivity index (χ3v) is 5.25. The number of carbonyl (C=O) groups excluding carboxylic acids is 1. The van der Waals surface area contributed by atoms with Crippen molar-refractivity contribution in [3.8, 4) is 0 Å². The summed E-state index contributed by atoms with van der Waals surface area (Å²) in [6.45, 7) is 12.7. The average molecular weight is 381 g/mol. The molecule has 1 atom stereocenters. The van der Waals surface area contributed by atoms with Gasteiger partial charge in [-0.25, -0.2) is 4.79 Å². The second-order valence-electron chi connectivity index (χ2n) is 8.29. The Kier molecular flexibility index (Phi) is 5.97. The molecule has 0 radical (unpaired) electrons. The summed E-state index contributed by atoms with van der Waals surface area (Å²) in [6, 6.07) is 16.9. The van der Waals surface area contributed by atoms with E-state index in [4.69, 9.17) is 4.74 Å². The van der Waals surface area contributed by atoms with Crippen molar-refractivity contribution in [1.82, 2.24) is 4.90 Å². The number of benzene rings is 2. The molecule has 2 aromatic rings. The maximum Gasteiger partial charge on any atom is 0.411 e. The lowest BCUT2D eigenvalue weighted by Crippen LogP contribution is -2.43. The van der Waals surface area contributed by atoms with Gasteiger partial charge in [-0.1, -0.05) is 36.4 Å². The average Bonchev–Trinajstić information content (AvgIpc) is 2.67. The second kappa shape index (κ2) is 8.26. The molecule has 0 saturated carbocycles. The predicted octanol–water partition coefficient (Wildman–Crippen LogP) is 5.42. The molecule has 150 valence electrons. The molecule has 3 rings (SSSR count). The van der Waals surface area contributed by atoms with E-state index in [-0.39, 0.29) is 12.1 Å². The molecule has 1 aliphatic rings. The Morgan fingerprint density at radius 2 is 1.71 bits per heavy atom. The lowest BCUT2D eigenvalue weighted by Gasteiger charge is -2.38. The first kappa shape index (κ1) is 20.2. The highest BCUT2D eigenvalue weighted by Gasteiger charge is 2.34. The van der Waals surface area contributed by atoms with Gasteiger partial charge in [0, 0.05) is 25.3 Å². The van der Waals surface area contributed by atoms with Crippen LogP contribution in [0.2, 0.25) is 0 Å². The van der Waals surface area contributed by atoms with Crippen molar-refractivity contribution in [2.75, 3.05) is 24.5 Å². The molecule has 0 aromatic heterocycles. The Labute approximate surface area is 169 Å². The van der Waals surface area contributed by atoms with Crippen LogP contribution in [-0.4, -0.2) is 36.2 Å². The van der Waals surface area contributed by atoms with E-state index in [2.05, 4.69) is 67.3 Å². The van der Waals surface area contributed by atoms with E-state index in [0.29, 0.717) is 6.54 Å². The van der Waals surface area contributed by atoms with Crippen molar-refractivity contribution in [2.24, 2.45) is 0 Å². The van der Waals surface area contributed by atoms with Gasteiger partial charge in [0.15, 0.2) is 0 Å². The third-order valence-electron chi connectivity index (χ3n) is 5.25. The fourth-order valence-corrected chi connectivity index (χ4v) is 3.90. The molecule has 28 heavy (non-hydrogen) atoms. The van der Waals surface area contributed by atoms with E-state index in [0.717, 1.165) is 25.1 Å². The number of nitrogens with zero attached hydrogens (tertiary/aromatic N) is 2. The first-order valence-electron chi connectivity index (χ1n) is 10.3. The van der Waals surface area contributed by atoms with Crippen LogP contribution in [0.5, 0.6) is 0 Å². The van der Waals surface area contributed by atoms with Crippen molar-refractivity contribution >= 4 is 11.8 Å². The number of hydrogen-bond acceptors (Lipinski definition) is 3. The van der Waals surface area contributed by atoms with Gasteiger partial charge >= 0.3 is 6.09 Å². The molecule has 0 spiro atoms. The van der Waals surface area contributed by atoms with E-state index in [1.54, 1.807) is 0 Å². The molecule has 0 saturated heterocycles. The van der Waals surface area contributed by atoms with Crippen LogP contribution in [0, 0.1) is 0 Å².